The fourth-order valence-electron chi connectivity index (χ4n) is 1.87. The number of carboxylic acid groups (broad SMARTS) is 1. The summed E-state index contributed by atoms with van der Waals surface area (Å²) in [7, 11) is 0. The van der Waals surface area contributed by atoms with Crippen LogP contribution in [0.1, 0.15) is 34.5 Å². The van der Waals surface area contributed by atoms with Crippen molar-refractivity contribution in [1.82, 2.24) is 4.98 Å². The summed E-state index contributed by atoms with van der Waals surface area (Å²) in [6.45, 7) is 0. The van der Waals surface area contributed by atoms with E-state index in [9.17, 15) is 4.79 Å². The van der Waals surface area contributed by atoms with E-state index in [2.05, 4.69) is 11.1 Å². The molecule has 1 aromatic heterocycles. The van der Waals surface area contributed by atoms with Gasteiger partial charge in [-0.3, -0.25) is 4.98 Å². The fourth-order valence-corrected chi connectivity index (χ4v) is 1.87. The number of nitriles is 1. The smallest absolute Gasteiger partial charge is 0.336 e. The van der Waals surface area contributed by atoms with Gasteiger partial charge in [0.1, 0.15) is 0 Å². The summed E-state index contributed by atoms with van der Waals surface area (Å²) >= 11 is 0. The van der Waals surface area contributed by atoms with Crippen LogP contribution < -0.4 is 0 Å². The normalized spacial score (nSPS) is 12.8. The molecule has 1 aliphatic rings. The number of allylic oxidation sites excluding steroid dienone is 1. The Kier molecular flexibility index (Phi) is 2.69. The van der Waals surface area contributed by atoms with Gasteiger partial charge in [0.25, 0.3) is 0 Å². The van der Waals surface area contributed by atoms with Crippen LogP contribution in [0.2, 0.25) is 0 Å². The third-order valence-electron chi connectivity index (χ3n) is 2.62. The lowest BCUT2D eigenvalue weighted by molar-refractivity contribution is 0.0695. The molecule has 1 heterocycles. The number of carboxylic acids is 1. The Morgan fingerprint density at radius 2 is 2.44 bits per heavy atom. The molecule has 0 unspecified atom stereocenters. The number of nitrogens with zero attached hydrogens (tertiary/aromatic N) is 2. The number of carbonyl (C=O) groups is 1. The summed E-state index contributed by atoms with van der Waals surface area (Å²) in [5.41, 5.74) is 2.89. The van der Waals surface area contributed by atoms with Crippen molar-refractivity contribution in [2.24, 2.45) is 0 Å². The Morgan fingerprint density at radius 1 is 1.62 bits per heavy atom. The third-order valence-corrected chi connectivity index (χ3v) is 2.62. The van der Waals surface area contributed by atoms with Crippen LogP contribution in [0.4, 0.5) is 0 Å². The summed E-state index contributed by atoms with van der Waals surface area (Å²) in [4.78, 5) is 15.1. The fraction of sp³-hybridized carbons (Fsp3) is 0.250. The first-order chi connectivity index (χ1) is 7.72. The lowest BCUT2D eigenvalue weighted by Gasteiger charge is -2.02. The topological polar surface area (TPSA) is 74.0 Å². The van der Waals surface area contributed by atoms with Gasteiger partial charge < -0.3 is 5.11 Å². The number of rotatable bonds is 3. The van der Waals surface area contributed by atoms with E-state index in [-0.39, 0.29) is 0 Å². The van der Waals surface area contributed by atoms with Crippen molar-refractivity contribution in [3.8, 4) is 6.07 Å². The second-order valence-electron chi connectivity index (χ2n) is 3.66. The van der Waals surface area contributed by atoms with Gasteiger partial charge in [0, 0.05) is 12.6 Å². The molecule has 0 radical (unpaired) electrons. The van der Waals surface area contributed by atoms with Crippen molar-refractivity contribution in [2.45, 2.75) is 19.3 Å². The molecule has 0 aromatic carbocycles. The zero-order chi connectivity index (χ0) is 11.5. The van der Waals surface area contributed by atoms with E-state index < -0.39 is 5.97 Å². The second kappa shape index (κ2) is 4.15. The molecule has 1 aromatic rings. The van der Waals surface area contributed by atoms with E-state index in [1.165, 1.54) is 12.3 Å². The molecule has 0 bridgehead atoms. The van der Waals surface area contributed by atoms with Crippen LogP contribution in [0.25, 0.3) is 6.08 Å². The van der Waals surface area contributed by atoms with Crippen LogP contribution in [0, 0.1) is 11.3 Å². The quantitative estimate of drug-likeness (QED) is 0.835. The minimum absolute atomic E-state index is 0.313. The maximum atomic E-state index is 11.0. The zero-order valence-electron chi connectivity index (χ0n) is 8.60. The monoisotopic (exact) mass is 214 g/mol. The lowest BCUT2D eigenvalue weighted by Crippen LogP contribution is -2.03. The van der Waals surface area contributed by atoms with Gasteiger partial charge in [-0.25, -0.2) is 4.79 Å². The highest BCUT2D eigenvalue weighted by Gasteiger charge is 2.20. The Balaban J connectivity index is 2.28. The van der Waals surface area contributed by atoms with E-state index in [1.54, 1.807) is 0 Å². The standard InChI is InChI=1S/C12H10N2O2/c13-4-1-2-8-6-10-9(12(15)16)3-5-14-11(10)7-8/h3,5,7H,1-2,6H2,(H,15,16). The van der Waals surface area contributed by atoms with E-state index in [1.807, 2.05) is 6.08 Å². The van der Waals surface area contributed by atoms with Crippen molar-refractivity contribution < 1.29 is 9.90 Å². The van der Waals surface area contributed by atoms with Crippen molar-refractivity contribution in [2.75, 3.05) is 0 Å². The molecule has 0 amide bonds. The largest absolute Gasteiger partial charge is 0.478 e. The Labute approximate surface area is 92.9 Å². The molecule has 2 rings (SSSR count). The van der Waals surface area contributed by atoms with Gasteiger partial charge in [-0.1, -0.05) is 5.57 Å². The number of pyridine rings is 1. The van der Waals surface area contributed by atoms with Gasteiger partial charge in [0.05, 0.1) is 17.3 Å². The molecular formula is C12H10N2O2. The van der Waals surface area contributed by atoms with Gasteiger partial charge in [-0.15, -0.1) is 0 Å². The van der Waals surface area contributed by atoms with Crippen molar-refractivity contribution in [1.29, 1.82) is 5.26 Å². The predicted octanol–water partition coefficient (Wildman–Crippen LogP) is 2.02. The van der Waals surface area contributed by atoms with Crippen molar-refractivity contribution >= 4 is 12.0 Å². The van der Waals surface area contributed by atoms with Crippen LogP contribution in [0.15, 0.2) is 17.8 Å². The molecule has 1 aliphatic carbocycles. The summed E-state index contributed by atoms with van der Waals surface area (Å²) in [6.07, 6.45) is 5.14. The van der Waals surface area contributed by atoms with Gasteiger partial charge >= 0.3 is 5.97 Å². The van der Waals surface area contributed by atoms with Crippen LogP contribution in [-0.4, -0.2) is 16.1 Å². The third kappa shape index (κ3) is 1.80. The van der Waals surface area contributed by atoms with Gasteiger partial charge in [-0.2, -0.15) is 5.26 Å². The minimum Gasteiger partial charge on any atom is -0.478 e. The average molecular weight is 214 g/mol. The lowest BCUT2D eigenvalue weighted by atomic mass is 10.0. The molecular weight excluding hydrogens is 204 g/mol. The molecule has 16 heavy (non-hydrogen) atoms. The number of aromatic carboxylic acids is 1. The molecule has 0 saturated heterocycles. The maximum Gasteiger partial charge on any atom is 0.336 e. The maximum absolute atomic E-state index is 11.0. The zero-order valence-corrected chi connectivity index (χ0v) is 8.60. The first kappa shape index (κ1) is 10.4. The molecule has 1 N–H and O–H groups in total. The van der Waals surface area contributed by atoms with Crippen LogP contribution >= 0.6 is 0 Å². The highest BCUT2D eigenvalue weighted by Crippen LogP contribution is 2.28. The Bertz CT molecular complexity index is 512. The molecule has 4 heteroatoms. The van der Waals surface area contributed by atoms with Gasteiger partial charge in [0.15, 0.2) is 0 Å². The second-order valence-corrected chi connectivity index (χ2v) is 3.66. The highest BCUT2D eigenvalue weighted by atomic mass is 16.4. The number of fused-ring (bicyclic) bond motifs is 1. The Hall–Kier alpha value is -2.15. The van der Waals surface area contributed by atoms with Crippen molar-refractivity contribution in [3.05, 3.63) is 34.7 Å². The molecule has 0 fully saturated rings. The minimum atomic E-state index is -0.923. The summed E-state index contributed by atoms with van der Waals surface area (Å²) < 4.78 is 0. The van der Waals surface area contributed by atoms with E-state index in [4.69, 9.17) is 10.4 Å². The molecule has 0 spiro atoms. The predicted molar refractivity (Wildman–Crippen MR) is 57.7 cm³/mol. The summed E-state index contributed by atoms with van der Waals surface area (Å²) in [6, 6.07) is 3.60. The van der Waals surface area contributed by atoms with Crippen molar-refractivity contribution in [3.63, 3.8) is 0 Å². The SMILES string of the molecule is N#CCCC1=Cc2nccc(C(=O)O)c2C1. The summed E-state index contributed by atoms with van der Waals surface area (Å²) in [5, 5.41) is 17.5. The number of aromatic nitrogens is 1. The van der Waals surface area contributed by atoms with E-state index in [0.717, 1.165) is 16.8 Å². The Morgan fingerprint density at radius 3 is 3.12 bits per heavy atom. The number of hydrogen-bond acceptors (Lipinski definition) is 3. The summed E-state index contributed by atoms with van der Waals surface area (Å²) in [5.74, 6) is -0.923. The molecule has 0 atom stereocenters. The van der Waals surface area contributed by atoms with Crippen LogP contribution in [-0.2, 0) is 6.42 Å². The average Bonchev–Trinajstić information content (AvgIpc) is 2.68. The van der Waals surface area contributed by atoms with Gasteiger partial charge in [-0.05, 0) is 30.5 Å². The first-order valence-corrected chi connectivity index (χ1v) is 5.00. The van der Waals surface area contributed by atoms with E-state index >= 15 is 0 Å². The van der Waals surface area contributed by atoms with Crippen LogP contribution in [0.3, 0.4) is 0 Å². The molecule has 0 aliphatic heterocycles. The first-order valence-electron chi connectivity index (χ1n) is 5.00. The highest BCUT2D eigenvalue weighted by molar-refractivity contribution is 5.91. The van der Waals surface area contributed by atoms with E-state index in [0.29, 0.717) is 24.8 Å². The van der Waals surface area contributed by atoms with Gasteiger partial charge in [0.2, 0.25) is 0 Å². The number of hydrogen-bond donors (Lipinski definition) is 1. The van der Waals surface area contributed by atoms with Crippen LogP contribution in [0.5, 0.6) is 0 Å². The molecule has 4 nitrogen and oxygen atoms in total. The molecule has 80 valence electrons. The molecule has 0 saturated carbocycles.